The fraction of sp³-hybridized carbons (Fsp3) is 0.400. The van der Waals surface area contributed by atoms with Gasteiger partial charge in [0.25, 0.3) is 5.91 Å². The van der Waals surface area contributed by atoms with Crippen LogP contribution < -0.4 is 10.1 Å². The van der Waals surface area contributed by atoms with Gasteiger partial charge in [0.05, 0.1) is 0 Å². The molecule has 6 heteroatoms. The molecule has 0 aliphatic rings. The lowest BCUT2D eigenvalue weighted by Gasteiger charge is -2.13. The average Bonchev–Trinajstić information content (AvgIpc) is 2.66. The number of thiophene rings is 1. The minimum atomic E-state index is -1.05. The zero-order valence-corrected chi connectivity index (χ0v) is 9.84. The van der Waals surface area contributed by atoms with Crippen LogP contribution in [0.15, 0.2) is 11.4 Å². The largest absolute Gasteiger partial charge is 0.479 e. The van der Waals surface area contributed by atoms with Crippen LogP contribution >= 0.6 is 11.3 Å². The molecule has 1 unspecified atom stereocenters. The molecular weight excluding hydrogens is 230 g/mol. The summed E-state index contributed by atoms with van der Waals surface area (Å²) in [5, 5.41) is 13.1. The van der Waals surface area contributed by atoms with Crippen LogP contribution in [0, 0.1) is 0 Å². The van der Waals surface area contributed by atoms with Gasteiger partial charge in [0, 0.05) is 6.54 Å². The molecule has 0 radical (unpaired) electrons. The van der Waals surface area contributed by atoms with Crippen LogP contribution in [0.25, 0.3) is 0 Å². The summed E-state index contributed by atoms with van der Waals surface area (Å²) in [7, 11) is 0. The van der Waals surface area contributed by atoms with Crippen molar-refractivity contribution in [2.24, 2.45) is 0 Å². The minimum Gasteiger partial charge on any atom is -0.479 e. The monoisotopic (exact) mass is 243 g/mol. The minimum absolute atomic E-state index is 0.108. The summed E-state index contributed by atoms with van der Waals surface area (Å²) >= 11 is 1.07. The number of rotatable bonds is 5. The Morgan fingerprint density at radius 2 is 2.31 bits per heavy atom. The number of carbonyl (C=O) groups excluding carboxylic acids is 1. The van der Waals surface area contributed by atoms with Crippen molar-refractivity contribution in [2.45, 2.75) is 20.0 Å². The number of likely N-dealkylation sites (N-methyl/N-ethyl adjacent to an activating group) is 1. The van der Waals surface area contributed by atoms with Gasteiger partial charge in [-0.2, -0.15) is 0 Å². The molecule has 2 N–H and O–H groups in total. The highest BCUT2D eigenvalue weighted by Gasteiger charge is 2.19. The molecule has 16 heavy (non-hydrogen) atoms. The number of carbonyl (C=O) groups is 2. The van der Waals surface area contributed by atoms with Crippen LogP contribution in [0.4, 0.5) is 0 Å². The third-order valence-electron chi connectivity index (χ3n) is 1.85. The van der Waals surface area contributed by atoms with E-state index in [1.54, 1.807) is 25.3 Å². The average molecular weight is 243 g/mol. The highest BCUT2D eigenvalue weighted by atomic mass is 32.1. The van der Waals surface area contributed by atoms with Crippen molar-refractivity contribution >= 4 is 23.2 Å². The molecule has 5 nitrogen and oxygen atoms in total. The van der Waals surface area contributed by atoms with E-state index >= 15 is 0 Å². The van der Waals surface area contributed by atoms with Gasteiger partial charge >= 0.3 is 5.97 Å². The smallest absolute Gasteiger partial charge is 0.349 e. The summed E-state index contributed by atoms with van der Waals surface area (Å²) < 4.78 is 5.28. The molecule has 0 fully saturated rings. The predicted molar refractivity (Wildman–Crippen MR) is 60.1 cm³/mol. The second-order valence-electron chi connectivity index (χ2n) is 3.07. The van der Waals surface area contributed by atoms with E-state index in [1.807, 2.05) is 0 Å². The molecule has 1 aromatic rings. The van der Waals surface area contributed by atoms with Crippen molar-refractivity contribution in [3.05, 3.63) is 16.3 Å². The maximum atomic E-state index is 11.4. The molecule has 1 amide bonds. The molecular formula is C10H13NO4S. The molecule has 0 aliphatic heterocycles. The number of ether oxygens (including phenoxy) is 1. The van der Waals surface area contributed by atoms with Crippen LogP contribution in [0.5, 0.6) is 5.75 Å². The summed E-state index contributed by atoms with van der Waals surface area (Å²) in [6.07, 6.45) is -0.701. The van der Waals surface area contributed by atoms with Crippen molar-refractivity contribution in [3.8, 4) is 5.75 Å². The van der Waals surface area contributed by atoms with Gasteiger partial charge in [-0.3, -0.25) is 4.79 Å². The fourth-order valence-corrected chi connectivity index (χ4v) is 1.77. The second-order valence-corrected chi connectivity index (χ2v) is 3.99. The van der Waals surface area contributed by atoms with Gasteiger partial charge in [0.15, 0.2) is 11.0 Å². The topological polar surface area (TPSA) is 75.6 Å². The first-order chi connectivity index (χ1) is 7.56. The van der Waals surface area contributed by atoms with Gasteiger partial charge in [0.1, 0.15) is 5.75 Å². The van der Waals surface area contributed by atoms with E-state index in [4.69, 9.17) is 9.84 Å². The molecule has 0 spiro atoms. The number of aromatic carboxylic acids is 1. The summed E-state index contributed by atoms with van der Waals surface area (Å²) in [6, 6.07) is 1.55. The Hall–Kier alpha value is -1.56. The molecule has 1 rings (SSSR count). The Morgan fingerprint density at radius 3 is 2.88 bits per heavy atom. The molecule has 1 aromatic heterocycles. The first kappa shape index (κ1) is 12.5. The van der Waals surface area contributed by atoms with E-state index in [0.717, 1.165) is 11.3 Å². The summed E-state index contributed by atoms with van der Waals surface area (Å²) in [5.74, 6) is -1.07. The Bertz CT molecular complexity index is 388. The van der Waals surface area contributed by atoms with Crippen LogP contribution in [-0.4, -0.2) is 29.6 Å². The number of carboxylic acid groups (broad SMARTS) is 1. The van der Waals surface area contributed by atoms with Crippen LogP contribution in [0.2, 0.25) is 0 Å². The molecule has 88 valence electrons. The van der Waals surface area contributed by atoms with Crippen molar-refractivity contribution in [1.82, 2.24) is 5.32 Å². The third-order valence-corrected chi connectivity index (χ3v) is 2.73. The van der Waals surface area contributed by atoms with E-state index in [2.05, 4.69) is 5.32 Å². The fourth-order valence-electron chi connectivity index (χ4n) is 1.11. The van der Waals surface area contributed by atoms with E-state index < -0.39 is 12.1 Å². The van der Waals surface area contributed by atoms with Crippen molar-refractivity contribution < 1.29 is 19.4 Å². The standard InChI is InChI=1S/C10H13NO4S/c1-3-11-9(12)6(2)15-7-4-5-16-8(7)10(13)14/h4-6H,3H2,1-2H3,(H,11,12)(H,13,14). The van der Waals surface area contributed by atoms with Gasteiger partial charge in [-0.1, -0.05) is 0 Å². The molecule has 0 bridgehead atoms. The quantitative estimate of drug-likeness (QED) is 0.818. The lowest BCUT2D eigenvalue weighted by Crippen LogP contribution is -2.36. The molecule has 1 atom stereocenters. The number of hydrogen-bond donors (Lipinski definition) is 2. The number of carboxylic acids is 1. The Kier molecular flexibility index (Phi) is 4.30. The van der Waals surface area contributed by atoms with E-state index in [9.17, 15) is 9.59 Å². The lowest BCUT2D eigenvalue weighted by atomic mass is 10.3. The van der Waals surface area contributed by atoms with Gasteiger partial charge < -0.3 is 15.2 Å². The van der Waals surface area contributed by atoms with Crippen molar-refractivity contribution in [1.29, 1.82) is 0 Å². The maximum absolute atomic E-state index is 11.4. The molecule has 0 saturated heterocycles. The summed E-state index contributed by atoms with van der Waals surface area (Å²) in [4.78, 5) is 22.3. The van der Waals surface area contributed by atoms with E-state index in [1.165, 1.54) is 0 Å². The number of amides is 1. The lowest BCUT2D eigenvalue weighted by molar-refractivity contribution is -0.127. The first-order valence-corrected chi connectivity index (χ1v) is 5.69. The maximum Gasteiger partial charge on any atom is 0.349 e. The third kappa shape index (κ3) is 2.96. The SMILES string of the molecule is CCNC(=O)C(C)Oc1ccsc1C(=O)O. The Morgan fingerprint density at radius 1 is 1.62 bits per heavy atom. The van der Waals surface area contributed by atoms with Crippen molar-refractivity contribution in [2.75, 3.05) is 6.54 Å². The van der Waals surface area contributed by atoms with Gasteiger partial charge in [-0.25, -0.2) is 4.79 Å². The van der Waals surface area contributed by atoms with E-state index in [0.29, 0.717) is 6.54 Å². The zero-order valence-electron chi connectivity index (χ0n) is 9.02. The van der Waals surface area contributed by atoms with Crippen LogP contribution in [-0.2, 0) is 4.79 Å². The molecule has 0 saturated carbocycles. The number of hydrogen-bond acceptors (Lipinski definition) is 4. The van der Waals surface area contributed by atoms with Crippen LogP contribution in [0.3, 0.4) is 0 Å². The highest BCUT2D eigenvalue weighted by molar-refractivity contribution is 7.12. The normalized spacial score (nSPS) is 11.9. The van der Waals surface area contributed by atoms with Gasteiger partial charge in [0.2, 0.25) is 0 Å². The highest BCUT2D eigenvalue weighted by Crippen LogP contribution is 2.25. The van der Waals surface area contributed by atoms with Crippen LogP contribution in [0.1, 0.15) is 23.5 Å². The Labute approximate surface area is 97.0 Å². The van der Waals surface area contributed by atoms with Gasteiger partial charge in [-0.15, -0.1) is 11.3 Å². The Balaban J connectivity index is 2.69. The molecule has 0 aromatic carbocycles. The van der Waals surface area contributed by atoms with E-state index in [-0.39, 0.29) is 16.5 Å². The second kappa shape index (κ2) is 5.50. The summed E-state index contributed by atoms with van der Waals surface area (Å²) in [5.41, 5.74) is 0. The predicted octanol–water partition coefficient (Wildman–Crippen LogP) is 1.35. The molecule has 1 heterocycles. The number of nitrogens with one attached hydrogen (secondary N) is 1. The van der Waals surface area contributed by atoms with Gasteiger partial charge in [-0.05, 0) is 25.3 Å². The zero-order chi connectivity index (χ0) is 12.1. The molecule has 0 aliphatic carbocycles. The summed E-state index contributed by atoms with van der Waals surface area (Å²) in [6.45, 7) is 3.90. The van der Waals surface area contributed by atoms with Crippen molar-refractivity contribution in [3.63, 3.8) is 0 Å². The first-order valence-electron chi connectivity index (χ1n) is 4.81.